The van der Waals surface area contributed by atoms with Gasteiger partial charge in [-0.1, -0.05) is 0 Å². The number of carbonyl (C=O) groups is 1. The van der Waals surface area contributed by atoms with Gasteiger partial charge in [0.15, 0.2) is 0 Å². The molecule has 1 heterocycles. The molecule has 0 saturated heterocycles. The molecule has 1 aromatic carbocycles. The first-order valence-corrected chi connectivity index (χ1v) is 7.22. The van der Waals surface area contributed by atoms with Gasteiger partial charge in [0.05, 0.1) is 5.56 Å². The van der Waals surface area contributed by atoms with E-state index in [2.05, 4.69) is 5.32 Å². The van der Waals surface area contributed by atoms with Crippen LogP contribution in [0.15, 0.2) is 30.3 Å². The van der Waals surface area contributed by atoms with Crippen LogP contribution < -0.4 is 11.1 Å². The average molecular weight is 340 g/mol. The van der Waals surface area contributed by atoms with Crippen LogP contribution >= 0.6 is 12.4 Å². The molecule has 0 aliphatic carbocycles. The van der Waals surface area contributed by atoms with Gasteiger partial charge in [0.2, 0.25) is 0 Å². The van der Waals surface area contributed by atoms with Crippen molar-refractivity contribution in [3.63, 3.8) is 0 Å². The number of halogens is 2. The molecule has 0 aliphatic rings. The quantitative estimate of drug-likeness (QED) is 0.899. The summed E-state index contributed by atoms with van der Waals surface area (Å²) in [5.41, 5.74) is 8.35. The highest BCUT2D eigenvalue weighted by Gasteiger charge is 2.22. The number of benzene rings is 1. The second kappa shape index (κ2) is 7.15. The van der Waals surface area contributed by atoms with Gasteiger partial charge in [-0.15, -0.1) is 12.4 Å². The minimum Gasteiger partial charge on any atom is -0.346 e. The zero-order chi connectivity index (χ0) is 16.5. The lowest BCUT2D eigenvalue weighted by molar-refractivity contribution is 0.0915. The third kappa shape index (κ3) is 4.12. The molecule has 0 saturated carbocycles. The Bertz CT molecular complexity index is 693. The standard InChI is InChI=1S/C17H22FN3O.ClH/c1-11-9-15(16(22)20-17(3,4)10-19)12(2)21(11)14-7-5-13(18)6-8-14;/h5-9H,10,19H2,1-4H3,(H,20,22);1H. The predicted molar refractivity (Wildman–Crippen MR) is 93.0 cm³/mol. The summed E-state index contributed by atoms with van der Waals surface area (Å²) in [6, 6.07) is 8.04. The Labute approximate surface area is 142 Å². The molecule has 2 rings (SSSR count). The van der Waals surface area contributed by atoms with E-state index in [0.717, 1.165) is 17.1 Å². The van der Waals surface area contributed by atoms with Crippen molar-refractivity contribution in [2.75, 3.05) is 6.54 Å². The van der Waals surface area contributed by atoms with Crippen molar-refractivity contribution < 1.29 is 9.18 Å². The van der Waals surface area contributed by atoms with Crippen LogP contribution in [0.4, 0.5) is 4.39 Å². The zero-order valence-corrected chi connectivity index (χ0v) is 14.6. The molecule has 0 aliphatic heterocycles. The summed E-state index contributed by atoms with van der Waals surface area (Å²) in [6.45, 7) is 7.91. The van der Waals surface area contributed by atoms with E-state index in [-0.39, 0.29) is 24.1 Å². The van der Waals surface area contributed by atoms with E-state index in [1.165, 1.54) is 12.1 Å². The van der Waals surface area contributed by atoms with Gasteiger partial charge in [0.25, 0.3) is 5.91 Å². The maximum Gasteiger partial charge on any atom is 0.253 e. The molecule has 0 bridgehead atoms. The maximum absolute atomic E-state index is 13.1. The molecule has 1 aromatic heterocycles. The van der Waals surface area contributed by atoms with Crippen molar-refractivity contribution in [2.45, 2.75) is 33.2 Å². The van der Waals surface area contributed by atoms with E-state index in [1.54, 1.807) is 12.1 Å². The number of nitrogens with zero attached hydrogens (tertiary/aromatic N) is 1. The molecule has 3 N–H and O–H groups in total. The Morgan fingerprint density at radius 3 is 2.35 bits per heavy atom. The second-order valence-corrected chi connectivity index (χ2v) is 6.14. The first kappa shape index (κ1) is 19.2. The number of nitrogens with two attached hydrogens (primary N) is 1. The van der Waals surface area contributed by atoms with E-state index >= 15 is 0 Å². The number of hydrogen-bond donors (Lipinski definition) is 2. The van der Waals surface area contributed by atoms with Crippen LogP contribution in [0, 0.1) is 19.7 Å². The summed E-state index contributed by atoms with van der Waals surface area (Å²) >= 11 is 0. The SMILES string of the molecule is Cc1cc(C(=O)NC(C)(C)CN)c(C)n1-c1ccc(F)cc1.Cl. The second-order valence-electron chi connectivity index (χ2n) is 6.14. The normalized spacial score (nSPS) is 11.0. The van der Waals surface area contributed by atoms with Gasteiger partial charge < -0.3 is 15.6 Å². The molecule has 0 atom stereocenters. The first-order chi connectivity index (χ1) is 10.2. The molecule has 0 unspecified atom stereocenters. The zero-order valence-electron chi connectivity index (χ0n) is 13.8. The molecular weight excluding hydrogens is 317 g/mol. The van der Waals surface area contributed by atoms with Crippen LogP contribution in [-0.2, 0) is 0 Å². The Morgan fingerprint density at radius 1 is 1.26 bits per heavy atom. The van der Waals surface area contributed by atoms with Crippen molar-refractivity contribution in [3.05, 3.63) is 53.1 Å². The number of aryl methyl sites for hydroxylation is 1. The summed E-state index contributed by atoms with van der Waals surface area (Å²) in [7, 11) is 0. The molecule has 23 heavy (non-hydrogen) atoms. The van der Waals surface area contributed by atoms with Crippen LogP contribution in [0.3, 0.4) is 0 Å². The van der Waals surface area contributed by atoms with Gasteiger partial charge >= 0.3 is 0 Å². The highest BCUT2D eigenvalue weighted by molar-refractivity contribution is 5.96. The first-order valence-electron chi connectivity index (χ1n) is 7.22. The van der Waals surface area contributed by atoms with Crippen molar-refractivity contribution in [1.29, 1.82) is 0 Å². The molecular formula is C17H23ClFN3O. The van der Waals surface area contributed by atoms with Gasteiger partial charge in [0, 0.05) is 29.2 Å². The van der Waals surface area contributed by atoms with Crippen molar-refractivity contribution >= 4 is 18.3 Å². The smallest absolute Gasteiger partial charge is 0.253 e. The Kier molecular flexibility index (Phi) is 5.97. The van der Waals surface area contributed by atoms with Crippen molar-refractivity contribution in [1.82, 2.24) is 9.88 Å². The fraction of sp³-hybridized carbons (Fsp3) is 0.353. The predicted octanol–water partition coefficient (Wildman–Crippen LogP) is 3.12. The van der Waals surface area contributed by atoms with Gasteiger partial charge in [-0.2, -0.15) is 0 Å². The third-order valence-corrected chi connectivity index (χ3v) is 3.72. The maximum atomic E-state index is 13.1. The van der Waals surface area contributed by atoms with E-state index in [1.807, 2.05) is 38.3 Å². The number of rotatable bonds is 4. The minimum atomic E-state index is -0.463. The minimum absolute atomic E-state index is 0. The molecule has 0 radical (unpaired) electrons. The monoisotopic (exact) mass is 339 g/mol. The van der Waals surface area contributed by atoms with Gasteiger partial charge in [-0.3, -0.25) is 4.79 Å². The molecule has 6 heteroatoms. The largest absolute Gasteiger partial charge is 0.346 e. The Morgan fingerprint density at radius 2 is 1.83 bits per heavy atom. The fourth-order valence-corrected chi connectivity index (χ4v) is 2.41. The van der Waals surface area contributed by atoms with Gasteiger partial charge in [-0.05, 0) is 58.0 Å². The summed E-state index contributed by atoms with van der Waals surface area (Å²) < 4.78 is 15.0. The van der Waals surface area contributed by atoms with Gasteiger partial charge in [-0.25, -0.2) is 4.39 Å². The number of aromatic nitrogens is 1. The molecule has 126 valence electrons. The van der Waals surface area contributed by atoms with E-state index < -0.39 is 5.54 Å². The summed E-state index contributed by atoms with van der Waals surface area (Å²) in [5, 5.41) is 2.93. The van der Waals surface area contributed by atoms with Crippen molar-refractivity contribution in [2.24, 2.45) is 5.73 Å². The van der Waals surface area contributed by atoms with Crippen LogP contribution in [0.25, 0.3) is 5.69 Å². The lowest BCUT2D eigenvalue weighted by atomic mass is 10.1. The van der Waals surface area contributed by atoms with E-state index in [9.17, 15) is 9.18 Å². The van der Waals surface area contributed by atoms with Crippen molar-refractivity contribution in [3.8, 4) is 5.69 Å². The molecule has 0 fully saturated rings. The van der Waals surface area contributed by atoms with Crippen LogP contribution in [0.5, 0.6) is 0 Å². The average Bonchev–Trinajstić information content (AvgIpc) is 2.75. The molecule has 1 amide bonds. The van der Waals surface area contributed by atoms with E-state index in [4.69, 9.17) is 5.73 Å². The van der Waals surface area contributed by atoms with Crippen LogP contribution in [-0.4, -0.2) is 22.6 Å². The third-order valence-electron chi connectivity index (χ3n) is 3.72. The Balaban J connectivity index is 0.00000264. The topological polar surface area (TPSA) is 60.1 Å². The van der Waals surface area contributed by atoms with Crippen LogP contribution in [0.1, 0.15) is 35.6 Å². The molecule has 4 nitrogen and oxygen atoms in total. The number of hydrogen-bond acceptors (Lipinski definition) is 2. The summed E-state index contributed by atoms with van der Waals surface area (Å²) in [4.78, 5) is 12.5. The molecule has 0 spiro atoms. The van der Waals surface area contributed by atoms with E-state index in [0.29, 0.717) is 12.1 Å². The Hall–Kier alpha value is -1.85. The number of nitrogens with one attached hydrogen (secondary N) is 1. The number of carbonyl (C=O) groups excluding carboxylic acids is 1. The highest BCUT2D eigenvalue weighted by Crippen LogP contribution is 2.21. The fourth-order valence-electron chi connectivity index (χ4n) is 2.41. The summed E-state index contributed by atoms with van der Waals surface area (Å²) in [5.74, 6) is -0.439. The molecule has 2 aromatic rings. The lowest BCUT2D eigenvalue weighted by Crippen LogP contribution is -2.48. The lowest BCUT2D eigenvalue weighted by Gasteiger charge is -2.24. The van der Waals surface area contributed by atoms with Crippen LogP contribution in [0.2, 0.25) is 0 Å². The summed E-state index contributed by atoms with van der Waals surface area (Å²) in [6.07, 6.45) is 0. The van der Waals surface area contributed by atoms with Gasteiger partial charge in [0.1, 0.15) is 5.82 Å². The highest BCUT2D eigenvalue weighted by atomic mass is 35.5. The number of amides is 1.